The quantitative estimate of drug-likeness (QED) is 0.849. The number of nitrogens with two attached hydrogens (primary N) is 1. The smallest absolute Gasteiger partial charge is 0.250 e. The van der Waals surface area contributed by atoms with Crippen molar-refractivity contribution in [2.75, 3.05) is 0 Å². The van der Waals surface area contributed by atoms with Crippen molar-refractivity contribution >= 4 is 23.4 Å². The molecule has 0 aliphatic heterocycles. The lowest BCUT2D eigenvalue weighted by Crippen LogP contribution is -2.10. The van der Waals surface area contributed by atoms with Gasteiger partial charge < -0.3 is 5.73 Å². The van der Waals surface area contributed by atoms with E-state index in [0.717, 1.165) is 12.0 Å². The Labute approximate surface area is 117 Å². The van der Waals surface area contributed by atoms with Crippen LogP contribution >= 0.6 is 0 Å². The minimum atomic E-state index is -0.460. The molecule has 0 bridgehead atoms. The molecule has 1 aliphatic carbocycles. The van der Waals surface area contributed by atoms with Gasteiger partial charge in [0, 0.05) is 6.21 Å². The van der Waals surface area contributed by atoms with Crippen LogP contribution in [0, 0.1) is 0 Å². The van der Waals surface area contributed by atoms with Crippen LogP contribution in [0.3, 0.4) is 0 Å². The van der Waals surface area contributed by atoms with Gasteiger partial charge in [0.15, 0.2) is 0 Å². The van der Waals surface area contributed by atoms with Crippen molar-refractivity contribution in [3.8, 4) is 0 Å². The average Bonchev–Trinajstić information content (AvgIpc) is 2.88. The number of carbonyl (C=O) groups is 1. The number of rotatable bonds is 3. The summed E-state index contributed by atoms with van der Waals surface area (Å²) in [6.45, 7) is 0. The van der Waals surface area contributed by atoms with E-state index < -0.39 is 5.91 Å². The molecule has 0 unspecified atom stereocenters. The number of carbonyl (C=O) groups excluding carboxylic acids is 1. The highest BCUT2D eigenvalue weighted by Crippen LogP contribution is 2.27. The van der Waals surface area contributed by atoms with Gasteiger partial charge in [0.05, 0.1) is 11.3 Å². The van der Waals surface area contributed by atoms with Gasteiger partial charge in [0.2, 0.25) is 0 Å². The van der Waals surface area contributed by atoms with E-state index in [9.17, 15) is 4.79 Å². The summed E-state index contributed by atoms with van der Waals surface area (Å²) < 4.78 is 0. The van der Waals surface area contributed by atoms with E-state index in [1.54, 1.807) is 24.4 Å². The van der Waals surface area contributed by atoms with Gasteiger partial charge in [0.1, 0.15) is 0 Å². The first-order valence-corrected chi connectivity index (χ1v) is 6.47. The highest BCUT2D eigenvalue weighted by molar-refractivity contribution is 6.13. The van der Waals surface area contributed by atoms with Crippen molar-refractivity contribution in [1.29, 1.82) is 0 Å². The van der Waals surface area contributed by atoms with Gasteiger partial charge in [-0.2, -0.15) is 0 Å². The molecular weight excluding hydrogens is 248 g/mol. The molecule has 20 heavy (non-hydrogen) atoms. The molecule has 98 valence electrons. The lowest BCUT2D eigenvalue weighted by atomic mass is 10.1. The Bertz CT molecular complexity index is 729. The second-order valence-electron chi connectivity index (χ2n) is 4.66. The Morgan fingerprint density at radius 2 is 1.85 bits per heavy atom. The number of aliphatic imine (C=N–C) groups is 1. The molecule has 1 aliphatic rings. The molecule has 0 spiro atoms. The second-order valence-corrected chi connectivity index (χ2v) is 4.66. The van der Waals surface area contributed by atoms with E-state index >= 15 is 0 Å². The summed E-state index contributed by atoms with van der Waals surface area (Å²) in [5, 5.41) is 0. The molecule has 0 fully saturated rings. The predicted octanol–water partition coefficient (Wildman–Crippen LogP) is 3.13. The zero-order chi connectivity index (χ0) is 13.9. The number of fused-ring (bicyclic) bond motifs is 1. The van der Waals surface area contributed by atoms with E-state index in [4.69, 9.17) is 5.73 Å². The van der Waals surface area contributed by atoms with Crippen LogP contribution in [0.4, 0.5) is 5.69 Å². The number of amides is 1. The minimum Gasteiger partial charge on any atom is -0.366 e. The van der Waals surface area contributed by atoms with Crippen LogP contribution < -0.4 is 5.73 Å². The molecule has 3 heteroatoms. The lowest BCUT2D eigenvalue weighted by molar-refractivity contribution is 0.100. The van der Waals surface area contributed by atoms with Crippen LogP contribution in [0.15, 0.2) is 59.6 Å². The molecule has 2 aromatic rings. The Hall–Kier alpha value is -2.68. The van der Waals surface area contributed by atoms with Gasteiger partial charge in [-0.05, 0) is 35.3 Å². The van der Waals surface area contributed by atoms with Crippen molar-refractivity contribution in [1.82, 2.24) is 0 Å². The molecule has 0 aromatic heterocycles. The van der Waals surface area contributed by atoms with Gasteiger partial charge >= 0.3 is 0 Å². The normalized spacial score (nSPS) is 13.3. The fourth-order valence-electron chi connectivity index (χ4n) is 2.37. The first-order chi connectivity index (χ1) is 9.75. The molecule has 3 nitrogen and oxygen atoms in total. The van der Waals surface area contributed by atoms with Crippen molar-refractivity contribution in [3.05, 3.63) is 71.3 Å². The molecule has 3 rings (SSSR count). The van der Waals surface area contributed by atoms with Crippen molar-refractivity contribution < 1.29 is 4.79 Å². The molecule has 2 aromatic carbocycles. The summed E-state index contributed by atoms with van der Waals surface area (Å²) in [5.41, 5.74) is 9.98. The maximum atomic E-state index is 11.3. The van der Waals surface area contributed by atoms with Crippen molar-refractivity contribution in [2.24, 2.45) is 10.7 Å². The predicted molar refractivity (Wildman–Crippen MR) is 81.2 cm³/mol. The number of allylic oxidation sites excluding steroid dienone is 2. The summed E-state index contributed by atoms with van der Waals surface area (Å²) >= 11 is 0. The fraction of sp³-hybridized carbons (Fsp3) is 0.0588. The number of benzene rings is 2. The first kappa shape index (κ1) is 12.4. The Morgan fingerprint density at radius 1 is 1.10 bits per heavy atom. The monoisotopic (exact) mass is 262 g/mol. The van der Waals surface area contributed by atoms with Gasteiger partial charge in [0.25, 0.3) is 5.91 Å². The van der Waals surface area contributed by atoms with Crippen LogP contribution in [0.25, 0.3) is 5.57 Å². The minimum absolute atomic E-state index is 0.440. The molecule has 1 amide bonds. The van der Waals surface area contributed by atoms with Gasteiger partial charge in [-0.25, -0.2) is 0 Å². The van der Waals surface area contributed by atoms with E-state index in [-0.39, 0.29) is 0 Å². The maximum absolute atomic E-state index is 11.3. The zero-order valence-corrected chi connectivity index (χ0v) is 10.9. The Kier molecular flexibility index (Phi) is 3.17. The molecule has 0 radical (unpaired) electrons. The van der Waals surface area contributed by atoms with E-state index in [2.05, 4.69) is 23.2 Å². The van der Waals surface area contributed by atoms with Crippen LogP contribution in [-0.4, -0.2) is 12.1 Å². The van der Waals surface area contributed by atoms with Crippen LogP contribution in [0.2, 0.25) is 0 Å². The standard InChI is InChI=1S/C17H14N2O/c18-17(20)15-7-3-4-8-16(15)19-11-13-10-9-12-5-1-2-6-14(12)13/h1-8,10-11H,9H2,(H2,18,20). The van der Waals surface area contributed by atoms with E-state index in [1.807, 2.05) is 18.2 Å². The summed E-state index contributed by atoms with van der Waals surface area (Å²) in [4.78, 5) is 15.8. The third-order valence-corrected chi connectivity index (χ3v) is 3.38. The number of hydrogen-bond donors (Lipinski definition) is 1. The summed E-state index contributed by atoms with van der Waals surface area (Å²) in [6.07, 6.45) is 4.86. The largest absolute Gasteiger partial charge is 0.366 e. The zero-order valence-electron chi connectivity index (χ0n) is 10.9. The maximum Gasteiger partial charge on any atom is 0.250 e. The lowest BCUT2D eigenvalue weighted by Gasteiger charge is -2.02. The highest BCUT2D eigenvalue weighted by Gasteiger charge is 2.11. The Morgan fingerprint density at radius 3 is 2.70 bits per heavy atom. The molecule has 0 saturated heterocycles. The fourth-order valence-corrected chi connectivity index (χ4v) is 2.37. The number of primary amides is 1. The van der Waals surface area contributed by atoms with Crippen LogP contribution in [0.5, 0.6) is 0 Å². The average molecular weight is 262 g/mol. The SMILES string of the molecule is NC(=O)c1ccccc1N=CC1=CCc2ccccc21. The molecule has 0 atom stereocenters. The van der Waals surface area contributed by atoms with Gasteiger partial charge in [-0.15, -0.1) is 0 Å². The third kappa shape index (κ3) is 2.26. The topological polar surface area (TPSA) is 55.5 Å². The second kappa shape index (κ2) is 5.13. The summed E-state index contributed by atoms with van der Waals surface area (Å²) in [7, 11) is 0. The molecular formula is C17H14N2O. The van der Waals surface area contributed by atoms with Crippen molar-refractivity contribution in [3.63, 3.8) is 0 Å². The number of nitrogens with zero attached hydrogens (tertiary/aromatic N) is 1. The Balaban J connectivity index is 1.92. The highest BCUT2D eigenvalue weighted by atomic mass is 16.1. The van der Waals surface area contributed by atoms with Gasteiger partial charge in [-0.1, -0.05) is 42.5 Å². The van der Waals surface area contributed by atoms with Crippen LogP contribution in [-0.2, 0) is 6.42 Å². The molecule has 0 saturated carbocycles. The number of hydrogen-bond acceptors (Lipinski definition) is 2. The van der Waals surface area contributed by atoms with Crippen LogP contribution in [0.1, 0.15) is 21.5 Å². The molecule has 2 N–H and O–H groups in total. The summed E-state index contributed by atoms with van der Waals surface area (Å²) in [6, 6.07) is 15.4. The van der Waals surface area contributed by atoms with Gasteiger partial charge in [-0.3, -0.25) is 9.79 Å². The third-order valence-electron chi connectivity index (χ3n) is 3.38. The van der Waals surface area contributed by atoms with E-state index in [0.29, 0.717) is 11.3 Å². The van der Waals surface area contributed by atoms with Crippen molar-refractivity contribution in [2.45, 2.75) is 6.42 Å². The summed E-state index contributed by atoms with van der Waals surface area (Å²) in [5.74, 6) is -0.460. The number of para-hydroxylation sites is 1. The molecule has 0 heterocycles. The van der Waals surface area contributed by atoms with E-state index in [1.165, 1.54) is 11.1 Å². The first-order valence-electron chi connectivity index (χ1n) is 6.47.